The van der Waals surface area contributed by atoms with E-state index in [0.717, 1.165) is 0 Å². The lowest BCUT2D eigenvalue weighted by molar-refractivity contribution is 0.0197. The molecule has 0 aromatic heterocycles. The molecule has 2 N–H and O–H groups in total. The largest absolute Gasteiger partial charge is 0.406 e. The van der Waals surface area contributed by atoms with Gasteiger partial charge in [-0.25, -0.2) is 0 Å². The van der Waals surface area contributed by atoms with Crippen molar-refractivity contribution < 1.29 is 10.2 Å². The van der Waals surface area contributed by atoms with Crippen LogP contribution >= 0.6 is 0 Å². The van der Waals surface area contributed by atoms with Crippen LogP contribution < -0.4 is 0 Å². The van der Waals surface area contributed by atoms with E-state index in [0.29, 0.717) is 0 Å². The quantitative estimate of drug-likeness (QED) is 0.341. The van der Waals surface area contributed by atoms with Crippen molar-refractivity contribution in [1.82, 2.24) is 0 Å². The average molecular weight is 112 g/mol. The molecule has 0 aliphatic heterocycles. The molecule has 0 saturated carbocycles. The summed E-state index contributed by atoms with van der Waals surface area (Å²) in [5.41, 5.74) is -1.01. The Bertz CT molecular complexity index is 67.5. The standard InChI is InChI=1S/C3H11B3O2/c1-2(4,7)3(5,6)8/h7-8H,4-6H2,1H3. The van der Waals surface area contributed by atoms with Gasteiger partial charge in [0.2, 0.25) is 0 Å². The fourth-order valence-electron chi connectivity index (χ4n) is 0. The lowest BCUT2D eigenvalue weighted by Crippen LogP contribution is -2.53. The van der Waals surface area contributed by atoms with Crippen LogP contribution in [0.15, 0.2) is 0 Å². The summed E-state index contributed by atoms with van der Waals surface area (Å²) >= 11 is 0. The van der Waals surface area contributed by atoms with E-state index in [1.165, 1.54) is 0 Å². The lowest BCUT2D eigenvalue weighted by atomic mass is 9.50. The lowest BCUT2D eigenvalue weighted by Gasteiger charge is -2.32. The van der Waals surface area contributed by atoms with Crippen molar-refractivity contribution in [2.45, 2.75) is 17.8 Å². The highest BCUT2D eigenvalue weighted by Crippen LogP contribution is 2.09. The molecule has 0 radical (unpaired) electrons. The van der Waals surface area contributed by atoms with Crippen LogP contribution in [-0.2, 0) is 0 Å². The first kappa shape index (κ1) is 8.11. The van der Waals surface area contributed by atoms with Gasteiger partial charge in [-0.05, 0) is 6.92 Å². The van der Waals surface area contributed by atoms with E-state index in [1.807, 2.05) is 0 Å². The van der Waals surface area contributed by atoms with Gasteiger partial charge < -0.3 is 10.2 Å². The molecular weight excluding hydrogens is 100 g/mol. The van der Waals surface area contributed by atoms with Gasteiger partial charge in [0.05, 0.1) is 0 Å². The van der Waals surface area contributed by atoms with Crippen LogP contribution in [0.5, 0.6) is 0 Å². The second-order valence-corrected chi connectivity index (χ2v) is 3.12. The Balaban J connectivity index is 4.02. The fourth-order valence-corrected chi connectivity index (χ4v) is 0. The Morgan fingerprint density at radius 2 is 1.25 bits per heavy atom. The predicted molar refractivity (Wildman–Crippen MR) is 41.2 cm³/mol. The Morgan fingerprint density at radius 3 is 1.25 bits per heavy atom. The highest BCUT2D eigenvalue weighted by molar-refractivity contribution is 6.43. The number of hydrogen-bond acceptors (Lipinski definition) is 2. The SMILES string of the molecule is BC(B)(O)C(B)(C)O. The molecule has 0 fully saturated rings. The molecule has 2 nitrogen and oxygen atoms in total. The minimum atomic E-state index is -1.01. The predicted octanol–water partition coefficient (Wildman–Crippen LogP) is -3.76. The third-order valence-electron chi connectivity index (χ3n) is 1.50. The van der Waals surface area contributed by atoms with Crippen molar-refractivity contribution in [2.24, 2.45) is 0 Å². The Morgan fingerprint density at radius 1 is 1.12 bits per heavy atom. The fraction of sp³-hybridized carbons (Fsp3) is 1.00. The van der Waals surface area contributed by atoms with E-state index < -0.39 is 10.9 Å². The van der Waals surface area contributed by atoms with Crippen molar-refractivity contribution in [3.05, 3.63) is 0 Å². The normalized spacial score (nSPS) is 19.9. The van der Waals surface area contributed by atoms with Crippen LogP contribution in [0.4, 0.5) is 0 Å². The monoisotopic (exact) mass is 112 g/mol. The Kier molecular flexibility index (Phi) is 1.84. The molecule has 1 atom stereocenters. The molecule has 0 bridgehead atoms. The third kappa shape index (κ3) is 1.93. The molecule has 0 aromatic rings. The zero-order valence-electron chi connectivity index (χ0n) is 5.89. The number of hydrogen-bond donors (Lipinski definition) is 2. The minimum Gasteiger partial charge on any atom is -0.406 e. The van der Waals surface area contributed by atoms with Crippen LogP contribution in [-0.4, -0.2) is 44.7 Å². The zero-order chi connectivity index (χ0) is 7.00. The van der Waals surface area contributed by atoms with Crippen LogP contribution in [0.25, 0.3) is 0 Å². The molecule has 0 spiro atoms. The van der Waals surface area contributed by atoms with Crippen molar-refractivity contribution in [2.75, 3.05) is 0 Å². The van der Waals surface area contributed by atoms with Gasteiger partial charge in [-0.3, -0.25) is 0 Å². The summed E-state index contributed by atoms with van der Waals surface area (Å²) in [6.45, 7) is 1.58. The average Bonchev–Trinajstić information content (AvgIpc) is 1.25. The molecule has 0 amide bonds. The summed E-state index contributed by atoms with van der Waals surface area (Å²) in [4.78, 5) is 0. The molecule has 0 aliphatic rings. The summed E-state index contributed by atoms with van der Waals surface area (Å²) in [5.74, 6) is 0. The van der Waals surface area contributed by atoms with Gasteiger partial charge in [-0.2, -0.15) is 0 Å². The van der Waals surface area contributed by atoms with Gasteiger partial charge in [0.1, 0.15) is 23.5 Å². The Hall–Kier alpha value is 0.115. The molecule has 1 unspecified atom stereocenters. The van der Waals surface area contributed by atoms with E-state index in [-0.39, 0.29) is 0 Å². The molecule has 0 saturated heterocycles. The second-order valence-electron chi connectivity index (χ2n) is 3.12. The molecule has 5 heteroatoms. The van der Waals surface area contributed by atoms with Gasteiger partial charge in [0.15, 0.2) is 0 Å². The molecule has 0 aromatic carbocycles. The number of rotatable bonds is 1. The van der Waals surface area contributed by atoms with Gasteiger partial charge in [0, 0.05) is 10.9 Å². The molecular formula is C3H11B3O2. The first-order chi connectivity index (χ1) is 3.25. The van der Waals surface area contributed by atoms with Crippen LogP contribution in [0.3, 0.4) is 0 Å². The van der Waals surface area contributed by atoms with Crippen molar-refractivity contribution in [3.63, 3.8) is 0 Å². The smallest absolute Gasteiger partial charge is 0.144 e. The highest BCUT2D eigenvalue weighted by Gasteiger charge is 2.31. The van der Waals surface area contributed by atoms with Crippen LogP contribution in [0.2, 0.25) is 0 Å². The molecule has 0 heterocycles. The first-order valence-electron chi connectivity index (χ1n) is 2.70. The van der Waals surface area contributed by atoms with E-state index in [9.17, 15) is 0 Å². The first-order valence-corrected chi connectivity index (χ1v) is 2.70. The van der Waals surface area contributed by atoms with Crippen molar-refractivity contribution >= 4 is 23.5 Å². The maximum atomic E-state index is 9.10. The van der Waals surface area contributed by atoms with Gasteiger partial charge in [-0.1, -0.05) is 0 Å². The zero-order valence-corrected chi connectivity index (χ0v) is 5.89. The van der Waals surface area contributed by atoms with E-state index in [2.05, 4.69) is 0 Å². The maximum absolute atomic E-state index is 9.10. The number of aliphatic hydroxyl groups is 2. The second kappa shape index (κ2) is 1.81. The third-order valence-corrected chi connectivity index (χ3v) is 1.50. The Labute approximate surface area is 52.5 Å². The summed E-state index contributed by atoms with van der Waals surface area (Å²) < 4.78 is 0. The van der Waals surface area contributed by atoms with Gasteiger partial charge in [0.25, 0.3) is 0 Å². The molecule has 8 heavy (non-hydrogen) atoms. The van der Waals surface area contributed by atoms with Gasteiger partial charge in [-0.15, -0.1) is 0 Å². The summed E-state index contributed by atoms with van der Waals surface area (Å²) in [6, 6.07) is 0. The van der Waals surface area contributed by atoms with Crippen molar-refractivity contribution in [3.8, 4) is 0 Å². The van der Waals surface area contributed by atoms with E-state index >= 15 is 0 Å². The van der Waals surface area contributed by atoms with Crippen molar-refractivity contribution in [1.29, 1.82) is 0 Å². The maximum Gasteiger partial charge on any atom is 0.144 e. The summed E-state index contributed by atoms with van der Waals surface area (Å²) in [5, 5.41) is 17.2. The topological polar surface area (TPSA) is 40.5 Å². The molecule has 44 valence electrons. The summed E-state index contributed by atoms with van der Waals surface area (Å²) in [6.07, 6.45) is 0. The van der Waals surface area contributed by atoms with Crippen LogP contribution in [0, 0.1) is 0 Å². The molecule has 0 aliphatic carbocycles. The van der Waals surface area contributed by atoms with E-state index in [1.54, 1.807) is 30.5 Å². The summed E-state index contributed by atoms with van der Waals surface area (Å²) in [7, 11) is 4.73. The molecule has 0 rings (SSSR count). The minimum absolute atomic E-state index is 1.01. The highest BCUT2D eigenvalue weighted by atomic mass is 16.3. The van der Waals surface area contributed by atoms with Crippen LogP contribution in [0.1, 0.15) is 6.92 Å². The van der Waals surface area contributed by atoms with Gasteiger partial charge >= 0.3 is 0 Å². The van der Waals surface area contributed by atoms with E-state index in [4.69, 9.17) is 10.2 Å².